The van der Waals surface area contributed by atoms with Crippen molar-refractivity contribution in [3.8, 4) is 5.75 Å². The second-order valence-corrected chi connectivity index (χ2v) is 5.37. The van der Waals surface area contributed by atoms with Gasteiger partial charge in [-0.1, -0.05) is 0 Å². The Labute approximate surface area is 110 Å². The Morgan fingerprint density at radius 2 is 2.22 bits per heavy atom. The molecule has 1 aliphatic heterocycles. The second-order valence-electron chi connectivity index (χ2n) is 4.23. The normalized spacial score (nSPS) is 19.0. The van der Waals surface area contributed by atoms with Crippen LogP contribution < -0.4 is 4.74 Å². The zero-order valence-corrected chi connectivity index (χ0v) is 11.1. The minimum atomic E-state index is -0.309. The largest absolute Gasteiger partial charge is 0.484 e. The monoisotopic (exact) mass is 269 g/mol. The van der Waals surface area contributed by atoms with Crippen molar-refractivity contribution in [1.29, 1.82) is 0 Å². The first kappa shape index (κ1) is 13.2. The molecular weight excluding hydrogens is 253 g/mol. The number of hydrogen-bond donors (Lipinski definition) is 0. The maximum Gasteiger partial charge on any atom is 0.260 e. The SMILES string of the molecule is CSC1CCN(C(=O)COc2ccc(F)cc2)C1. The van der Waals surface area contributed by atoms with Crippen LogP contribution >= 0.6 is 11.8 Å². The molecular formula is C13H16FNO2S. The number of likely N-dealkylation sites (tertiary alicyclic amines) is 1. The van der Waals surface area contributed by atoms with Gasteiger partial charge in [0.15, 0.2) is 6.61 Å². The molecule has 0 aromatic heterocycles. The molecule has 1 aromatic carbocycles. The molecule has 98 valence electrons. The lowest BCUT2D eigenvalue weighted by Crippen LogP contribution is -2.33. The molecule has 0 N–H and O–H groups in total. The Hall–Kier alpha value is -1.23. The van der Waals surface area contributed by atoms with Crippen LogP contribution in [0.25, 0.3) is 0 Å². The molecule has 1 amide bonds. The quantitative estimate of drug-likeness (QED) is 0.839. The summed E-state index contributed by atoms with van der Waals surface area (Å²) in [6.07, 6.45) is 3.11. The van der Waals surface area contributed by atoms with Gasteiger partial charge in [0.25, 0.3) is 5.91 Å². The molecule has 0 spiro atoms. The maximum absolute atomic E-state index is 12.7. The van der Waals surface area contributed by atoms with E-state index >= 15 is 0 Å². The fourth-order valence-corrected chi connectivity index (χ4v) is 2.58. The van der Waals surface area contributed by atoms with Crippen molar-refractivity contribution in [3.63, 3.8) is 0 Å². The van der Waals surface area contributed by atoms with Crippen molar-refractivity contribution < 1.29 is 13.9 Å². The third-order valence-electron chi connectivity index (χ3n) is 3.01. The van der Waals surface area contributed by atoms with Gasteiger partial charge in [-0.2, -0.15) is 11.8 Å². The first-order valence-electron chi connectivity index (χ1n) is 5.88. The molecule has 1 aromatic rings. The van der Waals surface area contributed by atoms with Gasteiger partial charge in [0.1, 0.15) is 11.6 Å². The molecule has 1 aliphatic rings. The van der Waals surface area contributed by atoms with Crippen LogP contribution in [0, 0.1) is 5.82 Å². The molecule has 1 heterocycles. The van der Waals surface area contributed by atoms with E-state index in [-0.39, 0.29) is 18.3 Å². The van der Waals surface area contributed by atoms with E-state index in [1.165, 1.54) is 24.3 Å². The Bertz CT molecular complexity index is 410. The van der Waals surface area contributed by atoms with Crippen LogP contribution in [0.4, 0.5) is 4.39 Å². The van der Waals surface area contributed by atoms with Crippen LogP contribution in [0.5, 0.6) is 5.75 Å². The summed E-state index contributed by atoms with van der Waals surface area (Å²) in [5, 5.41) is 0.541. The Kier molecular flexibility index (Phi) is 4.47. The lowest BCUT2D eigenvalue weighted by atomic mass is 10.3. The van der Waals surface area contributed by atoms with Gasteiger partial charge in [-0.15, -0.1) is 0 Å². The fourth-order valence-electron chi connectivity index (χ4n) is 1.91. The summed E-state index contributed by atoms with van der Waals surface area (Å²) < 4.78 is 18.0. The molecule has 2 rings (SSSR count). The van der Waals surface area contributed by atoms with Crippen LogP contribution in [0.3, 0.4) is 0 Å². The molecule has 0 bridgehead atoms. The summed E-state index contributed by atoms with van der Waals surface area (Å²) in [5.74, 6) is 0.206. The van der Waals surface area contributed by atoms with Crippen molar-refractivity contribution in [2.75, 3.05) is 26.0 Å². The summed E-state index contributed by atoms with van der Waals surface area (Å²) in [5.41, 5.74) is 0. The van der Waals surface area contributed by atoms with Crippen molar-refractivity contribution >= 4 is 17.7 Å². The van der Waals surface area contributed by atoms with E-state index in [1.54, 1.807) is 11.8 Å². The van der Waals surface area contributed by atoms with Crippen LogP contribution in [-0.2, 0) is 4.79 Å². The maximum atomic E-state index is 12.7. The number of thioether (sulfide) groups is 1. The summed E-state index contributed by atoms with van der Waals surface area (Å²) in [6, 6.07) is 5.69. The van der Waals surface area contributed by atoms with Crippen molar-refractivity contribution in [2.24, 2.45) is 0 Å². The minimum absolute atomic E-state index is 0.00382. The number of rotatable bonds is 4. The van der Waals surface area contributed by atoms with Crippen molar-refractivity contribution in [1.82, 2.24) is 4.90 Å². The van der Waals surface area contributed by atoms with Gasteiger partial charge >= 0.3 is 0 Å². The van der Waals surface area contributed by atoms with Gasteiger partial charge < -0.3 is 9.64 Å². The molecule has 0 aliphatic carbocycles. The Balaban J connectivity index is 1.80. The van der Waals surface area contributed by atoms with E-state index in [9.17, 15) is 9.18 Å². The van der Waals surface area contributed by atoms with Crippen LogP contribution in [-0.4, -0.2) is 42.0 Å². The predicted molar refractivity (Wildman–Crippen MR) is 70.4 cm³/mol. The number of hydrogen-bond acceptors (Lipinski definition) is 3. The lowest BCUT2D eigenvalue weighted by molar-refractivity contribution is -0.132. The van der Waals surface area contributed by atoms with E-state index in [0.717, 1.165) is 19.5 Å². The molecule has 3 nitrogen and oxygen atoms in total. The van der Waals surface area contributed by atoms with E-state index in [2.05, 4.69) is 6.26 Å². The second kappa shape index (κ2) is 6.09. The topological polar surface area (TPSA) is 29.5 Å². The minimum Gasteiger partial charge on any atom is -0.484 e. The highest BCUT2D eigenvalue weighted by Gasteiger charge is 2.25. The molecule has 18 heavy (non-hydrogen) atoms. The number of benzene rings is 1. The number of carbonyl (C=O) groups excluding carboxylic acids is 1. The van der Waals surface area contributed by atoms with Gasteiger partial charge in [-0.3, -0.25) is 4.79 Å². The smallest absolute Gasteiger partial charge is 0.260 e. The van der Waals surface area contributed by atoms with Crippen molar-refractivity contribution in [2.45, 2.75) is 11.7 Å². The molecule has 0 radical (unpaired) electrons. The number of carbonyl (C=O) groups is 1. The van der Waals surface area contributed by atoms with Crippen molar-refractivity contribution in [3.05, 3.63) is 30.1 Å². The average molecular weight is 269 g/mol. The summed E-state index contributed by atoms with van der Waals surface area (Å²) in [4.78, 5) is 13.7. The van der Waals surface area contributed by atoms with Gasteiger partial charge in [0, 0.05) is 18.3 Å². The van der Waals surface area contributed by atoms with Crippen LogP contribution in [0.15, 0.2) is 24.3 Å². The summed E-state index contributed by atoms with van der Waals surface area (Å²) >= 11 is 1.79. The third kappa shape index (κ3) is 3.38. The zero-order valence-electron chi connectivity index (χ0n) is 10.3. The standard InChI is InChI=1S/C13H16FNO2S/c1-18-12-6-7-15(8-12)13(16)9-17-11-4-2-10(14)3-5-11/h2-5,12H,6-9H2,1H3. The predicted octanol–water partition coefficient (Wildman–Crippen LogP) is 2.17. The number of nitrogens with zero attached hydrogens (tertiary/aromatic N) is 1. The van der Waals surface area contributed by atoms with E-state index in [4.69, 9.17) is 4.74 Å². The molecule has 0 saturated carbocycles. The zero-order chi connectivity index (χ0) is 13.0. The molecule has 1 unspecified atom stereocenters. The van der Waals surface area contributed by atoms with E-state index < -0.39 is 0 Å². The van der Waals surface area contributed by atoms with Gasteiger partial charge in [-0.25, -0.2) is 4.39 Å². The number of ether oxygens (including phenoxy) is 1. The number of halogens is 1. The Morgan fingerprint density at radius 1 is 1.50 bits per heavy atom. The van der Waals surface area contributed by atoms with Crippen LogP contribution in [0.1, 0.15) is 6.42 Å². The van der Waals surface area contributed by atoms with Gasteiger partial charge in [-0.05, 0) is 36.9 Å². The summed E-state index contributed by atoms with van der Waals surface area (Å²) in [6.45, 7) is 1.62. The molecule has 1 fully saturated rings. The molecule has 5 heteroatoms. The first-order chi connectivity index (χ1) is 8.69. The third-order valence-corrected chi connectivity index (χ3v) is 4.06. The highest BCUT2D eigenvalue weighted by Crippen LogP contribution is 2.20. The highest BCUT2D eigenvalue weighted by atomic mass is 32.2. The summed E-state index contributed by atoms with van der Waals surface area (Å²) in [7, 11) is 0. The highest BCUT2D eigenvalue weighted by molar-refractivity contribution is 7.99. The van der Waals surface area contributed by atoms with Crippen LogP contribution in [0.2, 0.25) is 0 Å². The number of amides is 1. The molecule has 1 atom stereocenters. The first-order valence-corrected chi connectivity index (χ1v) is 7.17. The van der Waals surface area contributed by atoms with E-state index in [0.29, 0.717) is 11.0 Å². The average Bonchev–Trinajstić information content (AvgIpc) is 2.86. The Morgan fingerprint density at radius 3 is 2.83 bits per heavy atom. The lowest BCUT2D eigenvalue weighted by Gasteiger charge is -2.16. The molecule has 1 saturated heterocycles. The van der Waals surface area contributed by atoms with E-state index in [1.807, 2.05) is 4.90 Å². The van der Waals surface area contributed by atoms with Gasteiger partial charge in [0.2, 0.25) is 0 Å². The fraction of sp³-hybridized carbons (Fsp3) is 0.462. The van der Waals surface area contributed by atoms with Gasteiger partial charge in [0.05, 0.1) is 0 Å².